The van der Waals surface area contributed by atoms with Crippen molar-refractivity contribution in [2.45, 2.75) is 19.4 Å². The molecule has 1 atom stereocenters. The van der Waals surface area contributed by atoms with Gasteiger partial charge in [-0.1, -0.05) is 5.16 Å². The van der Waals surface area contributed by atoms with Gasteiger partial charge in [0.1, 0.15) is 5.54 Å². The molecule has 8 heteroatoms. The van der Waals surface area contributed by atoms with Gasteiger partial charge in [-0.25, -0.2) is 4.52 Å². The van der Waals surface area contributed by atoms with Crippen molar-refractivity contribution in [1.29, 1.82) is 0 Å². The first-order valence-corrected chi connectivity index (χ1v) is 6.60. The molecule has 0 aliphatic carbocycles. The van der Waals surface area contributed by atoms with Crippen LogP contribution in [-0.2, 0) is 10.3 Å². The minimum atomic E-state index is -0.807. The Hall–Kier alpha value is -2.32. The van der Waals surface area contributed by atoms with Crippen LogP contribution in [0.1, 0.15) is 19.7 Å². The molecule has 3 rings (SSSR count). The molecule has 0 aromatic carbocycles. The molecule has 3 aromatic rings. The molecule has 8 nitrogen and oxygen atoms in total. The van der Waals surface area contributed by atoms with Crippen molar-refractivity contribution < 1.29 is 9.26 Å². The highest BCUT2D eigenvalue weighted by molar-refractivity contribution is 5.73. The van der Waals surface area contributed by atoms with Crippen LogP contribution < -0.4 is 5.73 Å². The fraction of sp³-hybridized carbons (Fsp3) is 0.385. The van der Waals surface area contributed by atoms with Crippen LogP contribution in [0.2, 0.25) is 0 Å². The van der Waals surface area contributed by atoms with Gasteiger partial charge in [0.2, 0.25) is 0 Å². The summed E-state index contributed by atoms with van der Waals surface area (Å²) in [5, 5.41) is 8.16. The van der Waals surface area contributed by atoms with Crippen LogP contribution in [0.3, 0.4) is 0 Å². The number of hydrogen-bond acceptors (Lipinski definition) is 7. The van der Waals surface area contributed by atoms with Crippen LogP contribution in [0, 0.1) is 0 Å². The third-order valence-corrected chi connectivity index (χ3v) is 3.10. The summed E-state index contributed by atoms with van der Waals surface area (Å²) >= 11 is 0. The summed E-state index contributed by atoms with van der Waals surface area (Å²) in [6, 6.07) is 0. The predicted molar refractivity (Wildman–Crippen MR) is 74.3 cm³/mol. The average molecular weight is 288 g/mol. The Morgan fingerprint density at radius 2 is 2.29 bits per heavy atom. The number of nitrogens with zero attached hydrogens (tertiary/aromatic N) is 5. The maximum atomic E-state index is 6.16. The summed E-state index contributed by atoms with van der Waals surface area (Å²) in [4.78, 5) is 8.44. The molecular formula is C13H16N6O2. The minimum absolute atomic E-state index is 0.318. The quantitative estimate of drug-likeness (QED) is 0.746. The average Bonchev–Trinajstić information content (AvgIpc) is 3.11. The highest BCUT2D eigenvalue weighted by Gasteiger charge is 2.28. The van der Waals surface area contributed by atoms with Crippen LogP contribution >= 0.6 is 0 Å². The smallest absolute Gasteiger partial charge is 0.261 e. The maximum Gasteiger partial charge on any atom is 0.261 e. The topological polar surface area (TPSA) is 104 Å². The van der Waals surface area contributed by atoms with E-state index in [1.54, 1.807) is 36.2 Å². The van der Waals surface area contributed by atoms with Gasteiger partial charge in [0.15, 0.2) is 5.82 Å². The summed E-state index contributed by atoms with van der Waals surface area (Å²) in [5.41, 5.74) is 6.86. The third kappa shape index (κ3) is 2.50. The van der Waals surface area contributed by atoms with Crippen molar-refractivity contribution in [1.82, 2.24) is 24.7 Å². The second-order valence-corrected chi connectivity index (χ2v) is 4.94. The van der Waals surface area contributed by atoms with E-state index in [1.807, 2.05) is 6.92 Å². The molecule has 0 saturated heterocycles. The molecule has 0 amide bonds. The lowest BCUT2D eigenvalue weighted by molar-refractivity contribution is 0.0962. The molecular weight excluding hydrogens is 272 g/mol. The number of rotatable bonds is 5. The standard InChI is InChI=1S/C13H16N6O2/c1-3-20-8-13(2,14)12-17-11(21-18-12)9-6-16-19-5-4-15-7-10(9)19/h4-7H,3,8,14H2,1-2H3. The number of ether oxygens (including phenoxy) is 1. The largest absolute Gasteiger partial charge is 0.379 e. The molecule has 0 aliphatic heterocycles. The number of fused-ring (bicyclic) bond motifs is 1. The predicted octanol–water partition coefficient (Wildman–Crippen LogP) is 0.990. The number of nitrogens with two attached hydrogens (primary N) is 1. The molecule has 2 N–H and O–H groups in total. The molecule has 1 unspecified atom stereocenters. The van der Waals surface area contributed by atoms with Gasteiger partial charge >= 0.3 is 0 Å². The molecule has 0 aliphatic rings. The number of aromatic nitrogens is 5. The van der Waals surface area contributed by atoms with E-state index in [9.17, 15) is 0 Å². The molecule has 0 spiro atoms. The molecule has 3 aromatic heterocycles. The number of hydrogen-bond donors (Lipinski definition) is 1. The van der Waals surface area contributed by atoms with Gasteiger partial charge in [0.05, 0.1) is 30.1 Å². The zero-order valence-electron chi connectivity index (χ0n) is 11.9. The van der Waals surface area contributed by atoms with Crippen molar-refractivity contribution in [3.63, 3.8) is 0 Å². The lowest BCUT2D eigenvalue weighted by Crippen LogP contribution is -2.39. The van der Waals surface area contributed by atoms with E-state index < -0.39 is 5.54 Å². The van der Waals surface area contributed by atoms with Crippen LogP contribution in [0.15, 0.2) is 29.3 Å². The van der Waals surface area contributed by atoms with Crippen molar-refractivity contribution in [3.8, 4) is 11.5 Å². The minimum Gasteiger partial charge on any atom is -0.379 e. The third-order valence-electron chi connectivity index (χ3n) is 3.10. The van der Waals surface area contributed by atoms with E-state index in [4.69, 9.17) is 15.0 Å². The van der Waals surface area contributed by atoms with Crippen molar-refractivity contribution in [3.05, 3.63) is 30.6 Å². The van der Waals surface area contributed by atoms with E-state index in [0.717, 1.165) is 5.52 Å². The Morgan fingerprint density at radius 3 is 3.10 bits per heavy atom. The fourth-order valence-corrected chi connectivity index (χ4v) is 1.94. The van der Waals surface area contributed by atoms with Crippen molar-refractivity contribution in [2.75, 3.05) is 13.2 Å². The van der Waals surface area contributed by atoms with E-state index in [1.165, 1.54) is 0 Å². The first kappa shape index (κ1) is 13.7. The summed E-state index contributed by atoms with van der Waals surface area (Å²) < 4.78 is 12.3. The Labute approximate surface area is 120 Å². The molecule has 3 heterocycles. The van der Waals surface area contributed by atoms with E-state index in [-0.39, 0.29) is 0 Å². The van der Waals surface area contributed by atoms with Gasteiger partial charge in [-0.3, -0.25) is 4.98 Å². The highest BCUT2D eigenvalue weighted by Crippen LogP contribution is 2.24. The lowest BCUT2D eigenvalue weighted by Gasteiger charge is -2.19. The Balaban J connectivity index is 1.95. The second-order valence-electron chi connectivity index (χ2n) is 4.94. The van der Waals surface area contributed by atoms with E-state index in [2.05, 4.69) is 20.2 Å². The lowest BCUT2D eigenvalue weighted by atomic mass is 10.1. The van der Waals surface area contributed by atoms with Crippen LogP contribution in [0.4, 0.5) is 0 Å². The van der Waals surface area contributed by atoms with E-state index >= 15 is 0 Å². The van der Waals surface area contributed by atoms with Crippen LogP contribution in [0.25, 0.3) is 17.0 Å². The molecule has 0 radical (unpaired) electrons. The molecule has 0 saturated carbocycles. The molecule has 21 heavy (non-hydrogen) atoms. The Kier molecular flexibility index (Phi) is 3.40. The molecule has 0 bridgehead atoms. The Bertz CT molecular complexity index is 748. The van der Waals surface area contributed by atoms with Gasteiger partial charge in [-0.05, 0) is 13.8 Å². The van der Waals surface area contributed by atoms with Gasteiger partial charge in [-0.2, -0.15) is 10.1 Å². The second kappa shape index (κ2) is 5.23. The van der Waals surface area contributed by atoms with Gasteiger partial charge in [0.25, 0.3) is 5.89 Å². The van der Waals surface area contributed by atoms with Crippen molar-refractivity contribution in [2.24, 2.45) is 5.73 Å². The molecule has 0 fully saturated rings. The maximum absolute atomic E-state index is 6.16. The SMILES string of the molecule is CCOCC(C)(N)c1noc(-c2cnn3ccncc23)n1. The van der Waals surface area contributed by atoms with Gasteiger partial charge in [0, 0.05) is 19.0 Å². The summed E-state index contributed by atoms with van der Waals surface area (Å²) in [7, 11) is 0. The summed E-state index contributed by atoms with van der Waals surface area (Å²) in [6.45, 7) is 4.61. The first-order valence-electron chi connectivity index (χ1n) is 6.60. The molecule has 110 valence electrons. The monoisotopic (exact) mass is 288 g/mol. The van der Waals surface area contributed by atoms with Gasteiger partial charge < -0.3 is 15.0 Å². The summed E-state index contributed by atoms with van der Waals surface area (Å²) in [6.07, 6.45) is 6.75. The van der Waals surface area contributed by atoms with E-state index in [0.29, 0.717) is 30.5 Å². The zero-order valence-corrected chi connectivity index (χ0v) is 11.9. The Morgan fingerprint density at radius 1 is 1.43 bits per heavy atom. The zero-order chi connectivity index (χ0) is 14.9. The normalized spacial score (nSPS) is 14.4. The van der Waals surface area contributed by atoms with Gasteiger partial charge in [-0.15, -0.1) is 0 Å². The van der Waals surface area contributed by atoms with Crippen LogP contribution in [0.5, 0.6) is 0 Å². The highest BCUT2D eigenvalue weighted by atomic mass is 16.5. The fourth-order valence-electron chi connectivity index (χ4n) is 1.94. The van der Waals surface area contributed by atoms with Crippen LogP contribution in [-0.4, -0.2) is 38.0 Å². The van der Waals surface area contributed by atoms with Crippen molar-refractivity contribution >= 4 is 5.52 Å². The first-order chi connectivity index (χ1) is 10.1. The summed E-state index contributed by atoms with van der Waals surface area (Å²) in [5.74, 6) is 0.760.